The Kier molecular flexibility index (Phi) is 3.30. The summed E-state index contributed by atoms with van der Waals surface area (Å²) in [6, 6.07) is 0. The van der Waals surface area contributed by atoms with Crippen LogP contribution in [0.2, 0.25) is 0 Å². The van der Waals surface area contributed by atoms with E-state index in [0.717, 1.165) is 12.3 Å². The highest BCUT2D eigenvalue weighted by atomic mass is 14.5. The third-order valence-corrected chi connectivity index (χ3v) is 2.24. The zero-order valence-corrected chi connectivity index (χ0v) is 7.72. The van der Waals surface area contributed by atoms with Gasteiger partial charge in [0.1, 0.15) is 0 Å². The minimum Gasteiger partial charge on any atom is -0.327 e. The van der Waals surface area contributed by atoms with Crippen LogP contribution in [0, 0.1) is 5.92 Å². The molecule has 0 aliphatic heterocycles. The van der Waals surface area contributed by atoms with Gasteiger partial charge in [-0.3, -0.25) is 0 Å². The van der Waals surface area contributed by atoms with Crippen LogP contribution in [0.5, 0.6) is 0 Å². The van der Waals surface area contributed by atoms with E-state index in [1.807, 2.05) is 6.08 Å². The Morgan fingerprint density at radius 2 is 2.50 bits per heavy atom. The molecule has 0 aromatic heterocycles. The van der Waals surface area contributed by atoms with E-state index < -0.39 is 0 Å². The number of nitrogens with two attached hydrogens (primary N) is 1. The van der Waals surface area contributed by atoms with E-state index in [0.29, 0.717) is 6.54 Å². The van der Waals surface area contributed by atoms with E-state index in [-0.39, 0.29) is 0 Å². The van der Waals surface area contributed by atoms with Gasteiger partial charge in [0.25, 0.3) is 0 Å². The molecule has 12 heavy (non-hydrogen) atoms. The maximum atomic E-state index is 5.43. The van der Waals surface area contributed by atoms with Gasteiger partial charge in [-0.1, -0.05) is 36.0 Å². The summed E-state index contributed by atoms with van der Waals surface area (Å²) in [5, 5.41) is 0. The zero-order chi connectivity index (χ0) is 8.97. The molecule has 0 spiro atoms. The third-order valence-electron chi connectivity index (χ3n) is 2.24. The minimum atomic E-state index is 0.622. The van der Waals surface area contributed by atoms with Crippen molar-refractivity contribution in [2.24, 2.45) is 11.7 Å². The lowest BCUT2D eigenvalue weighted by Gasteiger charge is -2.23. The second kappa shape index (κ2) is 4.27. The summed E-state index contributed by atoms with van der Waals surface area (Å²) in [6.07, 6.45) is 8.64. The summed E-state index contributed by atoms with van der Waals surface area (Å²) in [5.74, 6) is 0.737. The lowest BCUT2D eigenvalue weighted by Crippen LogP contribution is -2.09. The fourth-order valence-electron chi connectivity index (χ4n) is 1.62. The molecule has 0 fully saturated rings. The summed E-state index contributed by atoms with van der Waals surface area (Å²) in [7, 11) is 0. The van der Waals surface area contributed by atoms with E-state index in [1.165, 1.54) is 17.6 Å². The van der Waals surface area contributed by atoms with Gasteiger partial charge in [-0.25, -0.2) is 0 Å². The molecule has 1 atom stereocenters. The smallest absolute Gasteiger partial charge is 0.0112 e. The van der Waals surface area contributed by atoms with Crippen molar-refractivity contribution in [2.75, 3.05) is 6.54 Å². The van der Waals surface area contributed by atoms with Crippen molar-refractivity contribution in [3.05, 3.63) is 36.0 Å². The highest BCUT2D eigenvalue weighted by Gasteiger charge is 2.15. The number of hydrogen-bond donors (Lipinski definition) is 1. The van der Waals surface area contributed by atoms with E-state index in [9.17, 15) is 0 Å². The van der Waals surface area contributed by atoms with Crippen LogP contribution < -0.4 is 5.73 Å². The third kappa shape index (κ3) is 2.35. The first-order valence-corrected chi connectivity index (χ1v) is 4.45. The Bertz CT molecular complexity index is 223. The Morgan fingerprint density at radius 3 is 2.92 bits per heavy atom. The maximum absolute atomic E-state index is 5.43. The van der Waals surface area contributed by atoms with Gasteiger partial charge in [0.2, 0.25) is 0 Å². The minimum absolute atomic E-state index is 0.622. The first-order valence-electron chi connectivity index (χ1n) is 4.45. The van der Waals surface area contributed by atoms with E-state index in [1.54, 1.807) is 0 Å². The first-order chi connectivity index (χ1) is 5.76. The second-order valence-corrected chi connectivity index (χ2v) is 3.40. The summed E-state index contributed by atoms with van der Waals surface area (Å²) >= 11 is 0. The molecule has 0 heterocycles. The van der Waals surface area contributed by atoms with Crippen LogP contribution in [0.4, 0.5) is 0 Å². The predicted octanol–water partition coefficient (Wildman–Crippen LogP) is 2.41. The monoisotopic (exact) mass is 163 g/mol. The van der Waals surface area contributed by atoms with Crippen molar-refractivity contribution in [1.82, 2.24) is 0 Å². The molecule has 0 amide bonds. The molecule has 2 N–H and O–H groups in total. The molecule has 0 aromatic carbocycles. The average Bonchev–Trinajstić information content (AvgIpc) is 2.00. The van der Waals surface area contributed by atoms with Gasteiger partial charge < -0.3 is 5.73 Å². The molecule has 66 valence electrons. The van der Waals surface area contributed by atoms with Crippen LogP contribution >= 0.6 is 0 Å². The molecule has 0 bridgehead atoms. The first kappa shape index (κ1) is 9.27. The van der Waals surface area contributed by atoms with Gasteiger partial charge in [0, 0.05) is 6.54 Å². The van der Waals surface area contributed by atoms with Gasteiger partial charge in [0.05, 0.1) is 0 Å². The Morgan fingerprint density at radius 1 is 1.83 bits per heavy atom. The maximum Gasteiger partial charge on any atom is 0.0112 e. The van der Waals surface area contributed by atoms with Gasteiger partial charge >= 0.3 is 0 Å². The Hall–Kier alpha value is -0.820. The van der Waals surface area contributed by atoms with Crippen molar-refractivity contribution in [1.29, 1.82) is 0 Å². The number of hydrogen-bond acceptors (Lipinski definition) is 1. The van der Waals surface area contributed by atoms with Crippen molar-refractivity contribution in [3.8, 4) is 0 Å². The predicted molar refractivity (Wildman–Crippen MR) is 53.8 cm³/mol. The molecule has 1 rings (SSSR count). The molecule has 0 aromatic rings. The molecule has 1 unspecified atom stereocenters. The number of rotatable bonds is 4. The van der Waals surface area contributed by atoms with Crippen LogP contribution in [0.3, 0.4) is 0 Å². The molecule has 0 radical (unpaired) electrons. The largest absolute Gasteiger partial charge is 0.327 e. The topological polar surface area (TPSA) is 26.0 Å². The second-order valence-electron chi connectivity index (χ2n) is 3.40. The number of allylic oxidation sites excluding steroid dienone is 4. The highest BCUT2D eigenvalue weighted by molar-refractivity contribution is 5.23. The lowest BCUT2D eigenvalue weighted by molar-refractivity contribution is 0.577. The van der Waals surface area contributed by atoms with Crippen molar-refractivity contribution >= 4 is 0 Å². The average molecular weight is 163 g/mol. The van der Waals surface area contributed by atoms with Crippen LogP contribution in [0.25, 0.3) is 0 Å². The molecule has 1 nitrogen and oxygen atoms in total. The molecule has 1 heteroatoms. The fraction of sp³-hybridized carbons (Fsp3) is 0.455. The van der Waals surface area contributed by atoms with Crippen LogP contribution in [-0.2, 0) is 0 Å². The van der Waals surface area contributed by atoms with E-state index in [2.05, 4.69) is 25.7 Å². The molecular weight excluding hydrogens is 146 g/mol. The lowest BCUT2D eigenvalue weighted by atomic mass is 9.83. The molecule has 0 saturated heterocycles. The summed E-state index contributed by atoms with van der Waals surface area (Å²) < 4.78 is 0. The van der Waals surface area contributed by atoms with Crippen molar-refractivity contribution in [2.45, 2.75) is 19.8 Å². The van der Waals surface area contributed by atoms with Crippen molar-refractivity contribution < 1.29 is 0 Å². The molecule has 1 aliphatic carbocycles. The Labute approximate surface area is 74.7 Å². The quantitative estimate of drug-likeness (QED) is 0.500. The normalized spacial score (nSPS) is 23.0. The van der Waals surface area contributed by atoms with Gasteiger partial charge in [-0.2, -0.15) is 0 Å². The fourth-order valence-corrected chi connectivity index (χ4v) is 1.62. The van der Waals surface area contributed by atoms with E-state index in [4.69, 9.17) is 5.73 Å². The summed E-state index contributed by atoms with van der Waals surface area (Å²) in [4.78, 5) is 0. The highest BCUT2D eigenvalue weighted by Crippen LogP contribution is 2.30. The van der Waals surface area contributed by atoms with Gasteiger partial charge in [-0.05, 0) is 25.7 Å². The standard InChI is InChI=1S/C11H17N/c1-3-10(4-5-12)8-11-6-9(2)7-11/h3-4,6,11H,1,5,7-8,12H2,2H3/b10-4+. The summed E-state index contributed by atoms with van der Waals surface area (Å²) in [5.41, 5.74) is 8.22. The van der Waals surface area contributed by atoms with Crippen LogP contribution in [0.15, 0.2) is 36.0 Å². The molecule has 1 aliphatic rings. The van der Waals surface area contributed by atoms with E-state index >= 15 is 0 Å². The molecular formula is C11H17N. The van der Waals surface area contributed by atoms with Gasteiger partial charge in [0.15, 0.2) is 0 Å². The SMILES string of the molecule is C=C/C(=C\CN)CC1C=C(C)C1. The molecule has 0 saturated carbocycles. The van der Waals surface area contributed by atoms with Gasteiger partial charge in [-0.15, -0.1) is 0 Å². The van der Waals surface area contributed by atoms with Crippen LogP contribution in [0.1, 0.15) is 19.8 Å². The zero-order valence-electron chi connectivity index (χ0n) is 7.72. The Balaban J connectivity index is 2.39. The van der Waals surface area contributed by atoms with Crippen molar-refractivity contribution in [3.63, 3.8) is 0 Å². The summed E-state index contributed by atoms with van der Waals surface area (Å²) in [6.45, 7) is 6.56. The van der Waals surface area contributed by atoms with Crippen LogP contribution in [-0.4, -0.2) is 6.54 Å².